The van der Waals surface area contributed by atoms with Crippen molar-refractivity contribution in [2.45, 2.75) is 6.92 Å². The minimum absolute atomic E-state index is 0.0813. The Morgan fingerprint density at radius 2 is 1.92 bits per heavy atom. The molecule has 0 saturated carbocycles. The van der Waals surface area contributed by atoms with Crippen molar-refractivity contribution in [2.24, 2.45) is 10.9 Å². The maximum atomic E-state index is 12.8. The predicted octanol–water partition coefficient (Wildman–Crippen LogP) is 3.37. The van der Waals surface area contributed by atoms with Gasteiger partial charge in [-0.15, -0.1) is 0 Å². The molecule has 25 heavy (non-hydrogen) atoms. The molecule has 0 radical (unpaired) electrons. The van der Waals surface area contributed by atoms with Crippen molar-refractivity contribution in [1.82, 2.24) is 5.32 Å². The number of amides is 2. The summed E-state index contributed by atoms with van der Waals surface area (Å²) >= 11 is 7.35. The Kier molecular flexibility index (Phi) is 5.24. The van der Waals surface area contributed by atoms with Gasteiger partial charge in [0.1, 0.15) is 0 Å². The van der Waals surface area contributed by atoms with Crippen molar-refractivity contribution in [3.8, 4) is 0 Å². The molecule has 3 rings (SSSR count). The van der Waals surface area contributed by atoms with Crippen LogP contribution in [-0.2, 0) is 9.59 Å². The van der Waals surface area contributed by atoms with Crippen molar-refractivity contribution in [3.05, 3.63) is 57.7 Å². The summed E-state index contributed by atoms with van der Waals surface area (Å²) in [6.45, 7) is 1.96. The number of aryl methyl sites for hydroxylation is 1. The monoisotopic (exact) mass is 463 g/mol. The van der Waals surface area contributed by atoms with Gasteiger partial charge in [-0.1, -0.05) is 23.8 Å². The van der Waals surface area contributed by atoms with Gasteiger partial charge in [0.05, 0.1) is 11.4 Å². The molecular weight excluding hydrogens is 449 g/mol. The lowest BCUT2D eigenvalue weighted by Crippen LogP contribution is -2.58. The van der Waals surface area contributed by atoms with Crippen molar-refractivity contribution in [2.75, 3.05) is 4.90 Å². The number of hydrogen-bond acceptors (Lipinski definition) is 4. The van der Waals surface area contributed by atoms with Gasteiger partial charge in [-0.05, 0) is 72.1 Å². The fraction of sp³-hybridized carbons (Fsp3) is 0.111. The SMILES string of the molecule is Cc1ccc(N2C(=O)[C@@H](C=Nc3cccc(I)c3)C(=O)NC2=S)cc1. The minimum atomic E-state index is -1.02. The molecule has 2 aromatic rings. The van der Waals surface area contributed by atoms with Crippen LogP contribution in [0.4, 0.5) is 11.4 Å². The van der Waals surface area contributed by atoms with Crippen LogP contribution in [0.1, 0.15) is 5.56 Å². The van der Waals surface area contributed by atoms with Crippen LogP contribution in [0.2, 0.25) is 0 Å². The van der Waals surface area contributed by atoms with Gasteiger partial charge in [-0.2, -0.15) is 0 Å². The van der Waals surface area contributed by atoms with E-state index in [2.05, 4.69) is 32.9 Å². The molecule has 1 aliphatic rings. The van der Waals surface area contributed by atoms with E-state index < -0.39 is 17.7 Å². The molecule has 126 valence electrons. The smallest absolute Gasteiger partial charge is 0.251 e. The van der Waals surface area contributed by atoms with E-state index in [1.807, 2.05) is 43.3 Å². The van der Waals surface area contributed by atoms with Crippen LogP contribution in [-0.4, -0.2) is 23.1 Å². The summed E-state index contributed by atoms with van der Waals surface area (Å²) in [4.78, 5) is 30.6. The number of halogens is 1. The molecule has 0 aliphatic carbocycles. The average Bonchev–Trinajstić information content (AvgIpc) is 2.56. The zero-order valence-electron chi connectivity index (χ0n) is 13.3. The molecule has 1 heterocycles. The van der Waals surface area contributed by atoms with Gasteiger partial charge < -0.3 is 5.32 Å². The number of hydrogen-bond donors (Lipinski definition) is 1. The van der Waals surface area contributed by atoms with Gasteiger partial charge >= 0.3 is 0 Å². The average molecular weight is 463 g/mol. The first-order valence-electron chi connectivity index (χ1n) is 7.51. The van der Waals surface area contributed by atoms with Gasteiger partial charge in [-0.25, -0.2) is 0 Å². The molecular formula is C18H14IN3O2S. The summed E-state index contributed by atoms with van der Waals surface area (Å²) in [6, 6.07) is 14.8. The number of rotatable bonds is 3. The van der Waals surface area contributed by atoms with Gasteiger partial charge in [-0.3, -0.25) is 19.5 Å². The number of nitrogens with zero attached hydrogens (tertiary/aromatic N) is 2. The van der Waals surface area contributed by atoms with Gasteiger partial charge in [0.2, 0.25) is 5.91 Å². The van der Waals surface area contributed by atoms with Crippen LogP contribution >= 0.6 is 34.8 Å². The lowest BCUT2D eigenvalue weighted by Gasteiger charge is -2.30. The summed E-state index contributed by atoms with van der Waals surface area (Å²) in [5.74, 6) is -1.90. The van der Waals surface area contributed by atoms with E-state index in [-0.39, 0.29) is 5.11 Å². The molecule has 0 unspecified atom stereocenters. The van der Waals surface area contributed by atoms with Crippen LogP contribution in [0.5, 0.6) is 0 Å². The third-order valence-corrected chi connectivity index (χ3v) is 4.63. The Balaban J connectivity index is 1.89. The number of anilines is 1. The molecule has 1 N–H and O–H groups in total. The van der Waals surface area contributed by atoms with Crippen LogP contribution in [0, 0.1) is 16.4 Å². The predicted molar refractivity (Wildman–Crippen MR) is 110 cm³/mol. The summed E-state index contributed by atoms with van der Waals surface area (Å²) in [6.07, 6.45) is 1.37. The molecule has 1 fully saturated rings. The normalized spacial score (nSPS) is 17.9. The second-order valence-electron chi connectivity index (χ2n) is 5.54. The lowest BCUT2D eigenvalue weighted by atomic mass is 10.1. The number of nitrogens with one attached hydrogen (secondary N) is 1. The second kappa shape index (κ2) is 7.40. The van der Waals surface area contributed by atoms with Crippen molar-refractivity contribution in [3.63, 3.8) is 0 Å². The maximum Gasteiger partial charge on any atom is 0.251 e. The topological polar surface area (TPSA) is 61.8 Å². The van der Waals surface area contributed by atoms with Crippen LogP contribution < -0.4 is 10.2 Å². The Morgan fingerprint density at radius 3 is 2.60 bits per heavy atom. The van der Waals surface area contributed by atoms with E-state index in [4.69, 9.17) is 12.2 Å². The van der Waals surface area contributed by atoms with Gasteiger partial charge in [0.15, 0.2) is 11.0 Å². The summed E-state index contributed by atoms with van der Waals surface area (Å²) in [7, 11) is 0. The Hall–Kier alpha value is -2.13. The van der Waals surface area contributed by atoms with E-state index in [1.165, 1.54) is 11.1 Å². The van der Waals surface area contributed by atoms with Crippen molar-refractivity contribution >= 4 is 69.3 Å². The van der Waals surface area contributed by atoms with Crippen LogP contribution in [0.15, 0.2) is 53.5 Å². The number of aliphatic imine (C=N–C) groups is 1. The molecule has 1 saturated heterocycles. The fourth-order valence-electron chi connectivity index (χ4n) is 2.38. The molecule has 1 aliphatic heterocycles. The van der Waals surface area contributed by atoms with E-state index in [9.17, 15) is 9.59 Å². The molecule has 7 heteroatoms. The van der Waals surface area contributed by atoms with Crippen LogP contribution in [0.3, 0.4) is 0 Å². The minimum Gasteiger partial charge on any atom is -0.301 e. The first kappa shape index (κ1) is 17.7. The molecule has 0 spiro atoms. The fourth-order valence-corrected chi connectivity index (χ4v) is 3.20. The van der Waals surface area contributed by atoms with E-state index in [0.29, 0.717) is 11.4 Å². The highest BCUT2D eigenvalue weighted by molar-refractivity contribution is 14.1. The maximum absolute atomic E-state index is 12.8. The van der Waals surface area contributed by atoms with Crippen LogP contribution in [0.25, 0.3) is 0 Å². The summed E-state index contributed by atoms with van der Waals surface area (Å²) in [5, 5.41) is 2.66. The summed E-state index contributed by atoms with van der Waals surface area (Å²) in [5.41, 5.74) is 2.37. The first-order valence-corrected chi connectivity index (χ1v) is 8.99. The molecule has 1 atom stereocenters. The Morgan fingerprint density at radius 1 is 1.20 bits per heavy atom. The van der Waals surface area contributed by atoms with Crippen molar-refractivity contribution in [1.29, 1.82) is 0 Å². The standard InChI is InChI=1S/C18H14IN3O2S/c1-11-5-7-14(8-6-11)22-17(24)15(16(23)21-18(22)25)10-20-13-4-2-3-12(19)9-13/h2-10,15H,1H3,(H,21,23,25)/t15-/m0/s1. The quantitative estimate of drug-likeness (QED) is 0.329. The number of benzene rings is 2. The third kappa shape index (κ3) is 3.93. The zero-order chi connectivity index (χ0) is 18.0. The highest BCUT2D eigenvalue weighted by atomic mass is 127. The Bertz CT molecular complexity index is 880. The van der Waals surface area contributed by atoms with E-state index >= 15 is 0 Å². The van der Waals surface area contributed by atoms with Gasteiger partial charge in [0, 0.05) is 9.78 Å². The molecule has 0 bridgehead atoms. The highest BCUT2D eigenvalue weighted by Crippen LogP contribution is 2.22. The summed E-state index contributed by atoms with van der Waals surface area (Å²) < 4.78 is 1.02. The second-order valence-corrected chi connectivity index (χ2v) is 7.17. The largest absolute Gasteiger partial charge is 0.301 e. The van der Waals surface area contributed by atoms with Gasteiger partial charge in [0.25, 0.3) is 5.91 Å². The molecule has 2 amide bonds. The first-order chi connectivity index (χ1) is 12.0. The number of carbonyl (C=O) groups is 2. The zero-order valence-corrected chi connectivity index (χ0v) is 16.2. The van der Waals surface area contributed by atoms with E-state index in [1.54, 1.807) is 12.1 Å². The highest BCUT2D eigenvalue weighted by Gasteiger charge is 2.38. The Labute approximate surface area is 164 Å². The lowest BCUT2D eigenvalue weighted by molar-refractivity contribution is -0.130. The third-order valence-electron chi connectivity index (χ3n) is 3.68. The molecule has 0 aromatic heterocycles. The number of thiocarbonyl (C=S) groups is 1. The van der Waals surface area contributed by atoms with E-state index in [0.717, 1.165) is 9.13 Å². The number of carbonyl (C=O) groups excluding carboxylic acids is 2. The molecule has 5 nitrogen and oxygen atoms in total. The van der Waals surface area contributed by atoms with Crippen molar-refractivity contribution < 1.29 is 9.59 Å². The molecule has 2 aromatic carbocycles.